The number of phenols is 1. The minimum Gasteiger partial charge on any atom is -0.507 e. The first-order valence-corrected chi connectivity index (χ1v) is 7.47. The number of carbonyl (C=O) groups is 2. The van der Waals surface area contributed by atoms with Gasteiger partial charge in [-0.2, -0.15) is 0 Å². The molecule has 24 heavy (non-hydrogen) atoms. The van der Waals surface area contributed by atoms with Crippen molar-refractivity contribution in [3.8, 4) is 11.5 Å². The average molecular weight is 367 g/mol. The quantitative estimate of drug-likeness (QED) is 0.783. The Labute approximate surface area is 147 Å². The fourth-order valence-corrected chi connectivity index (χ4v) is 2.45. The Morgan fingerprint density at radius 1 is 1.21 bits per heavy atom. The first-order chi connectivity index (χ1) is 11.4. The van der Waals surface area contributed by atoms with Gasteiger partial charge >= 0.3 is 5.97 Å². The molecule has 7 heteroatoms. The van der Waals surface area contributed by atoms with E-state index in [0.717, 1.165) is 11.3 Å². The number of aromatic hydroxyl groups is 1. The molecule has 0 atom stereocenters. The molecule has 0 saturated carbocycles. The first kappa shape index (κ1) is 17.8. The third-order valence-corrected chi connectivity index (χ3v) is 3.63. The van der Waals surface area contributed by atoms with Crippen LogP contribution in [0.25, 0.3) is 6.08 Å². The van der Waals surface area contributed by atoms with Gasteiger partial charge in [0.05, 0.1) is 16.2 Å². The second kappa shape index (κ2) is 7.86. The minimum atomic E-state index is -0.922. The molecule has 0 saturated heterocycles. The van der Waals surface area contributed by atoms with Crippen molar-refractivity contribution < 1.29 is 24.5 Å². The summed E-state index contributed by atoms with van der Waals surface area (Å²) < 4.78 is 5.25. The molecule has 124 valence electrons. The molecule has 0 unspecified atom stereocenters. The van der Waals surface area contributed by atoms with Gasteiger partial charge < -0.3 is 14.9 Å². The number of halogens is 2. The molecular weight excluding hydrogens is 355 g/mol. The number of aliphatic carboxylic acids is 1. The van der Waals surface area contributed by atoms with E-state index >= 15 is 0 Å². The third-order valence-electron chi connectivity index (χ3n) is 3.10. The van der Waals surface area contributed by atoms with Gasteiger partial charge in [0.2, 0.25) is 0 Å². The second-order valence-electron chi connectivity index (χ2n) is 4.74. The summed E-state index contributed by atoms with van der Waals surface area (Å²) in [6, 6.07) is 10.0. The highest BCUT2D eigenvalue weighted by Gasteiger charge is 2.15. The number of carboxylic acids is 1. The number of para-hydroxylation sites is 1. The van der Waals surface area contributed by atoms with Crippen LogP contribution >= 0.6 is 23.2 Å². The molecule has 0 bridgehead atoms. The lowest BCUT2D eigenvalue weighted by Crippen LogP contribution is -2.13. The van der Waals surface area contributed by atoms with Crippen molar-refractivity contribution in [1.82, 2.24) is 0 Å². The number of rotatable bonds is 2. The number of phenolic OH excluding ortho intramolecular Hbond substituents is 1. The smallest absolute Gasteiger partial charge is 0.335 e. The topological polar surface area (TPSA) is 83.8 Å². The number of hydrogen-bond donors (Lipinski definition) is 2. The van der Waals surface area contributed by atoms with E-state index in [1.807, 2.05) is 24.3 Å². The van der Waals surface area contributed by atoms with Crippen LogP contribution in [-0.2, 0) is 4.79 Å². The molecular formula is C17H12Cl2O5. The maximum absolute atomic E-state index is 10.6. The molecule has 0 fully saturated rings. The molecule has 5 nitrogen and oxygen atoms in total. The predicted molar refractivity (Wildman–Crippen MR) is 91.1 cm³/mol. The van der Waals surface area contributed by atoms with Crippen molar-refractivity contribution in [2.45, 2.75) is 0 Å². The molecule has 0 aliphatic carbocycles. The highest BCUT2D eigenvalue weighted by atomic mass is 35.5. The molecule has 0 aromatic heterocycles. The van der Waals surface area contributed by atoms with Crippen molar-refractivity contribution >= 4 is 41.5 Å². The highest BCUT2D eigenvalue weighted by Crippen LogP contribution is 2.28. The van der Waals surface area contributed by atoms with Crippen molar-refractivity contribution in [3.63, 3.8) is 0 Å². The van der Waals surface area contributed by atoms with E-state index in [2.05, 4.69) is 0 Å². The Morgan fingerprint density at radius 3 is 2.54 bits per heavy atom. The standard InChI is InChI=1S/C10H8O3.C7H4Cl2O2/c11-10(12)8-5-7-3-1-2-4-9(7)13-6-8;8-4-1-6(9)5(3-10)7(11)2-4/h1-5H,6H2,(H,11,12);1-3,11H. The van der Waals surface area contributed by atoms with Gasteiger partial charge in [0.25, 0.3) is 0 Å². The molecule has 2 N–H and O–H groups in total. The van der Waals surface area contributed by atoms with Gasteiger partial charge in [-0.1, -0.05) is 41.4 Å². The fourth-order valence-electron chi connectivity index (χ4n) is 1.93. The molecule has 2 aromatic carbocycles. The summed E-state index contributed by atoms with van der Waals surface area (Å²) in [7, 11) is 0. The zero-order valence-electron chi connectivity index (χ0n) is 12.2. The van der Waals surface area contributed by atoms with Crippen molar-refractivity contribution in [2.24, 2.45) is 0 Å². The van der Waals surface area contributed by atoms with E-state index in [9.17, 15) is 9.59 Å². The van der Waals surface area contributed by atoms with Crippen molar-refractivity contribution in [3.05, 3.63) is 63.1 Å². The highest BCUT2D eigenvalue weighted by molar-refractivity contribution is 6.36. The normalized spacial score (nSPS) is 12.0. The van der Waals surface area contributed by atoms with Crippen LogP contribution in [-0.4, -0.2) is 29.1 Å². The number of carboxylic acid groups (broad SMARTS) is 1. The Kier molecular flexibility index (Phi) is 5.84. The number of ether oxygens (including phenoxy) is 1. The van der Waals surface area contributed by atoms with E-state index in [1.54, 1.807) is 6.08 Å². The molecule has 0 amide bonds. The third kappa shape index (κ3) is 4.28. The molecule has 1 aliphatic heterocycles. The minimum absolute atomic E-state index is 0.0658. The van der Waals surface area contributed by atoms with Crippen LogP contribution in [0.3, 0.4) is 0 Å². The summed E-state index contributed by atoms with van der Waals surface area (Å²) in [5, 5.41) is 18.2. The lowest BCUT2D eigenvalue weighted by molar-refractivity contribution is -0.132. The first-order valence-electron chi connectivity index (χ1n) is 6.71. The zero-order chi connectivity index (χ0) is 17.7. The number of benzene rings is 2. The van der Waals surface area contributed by atoms with Gasteiger partial charge in [-0.15, -0.1) is 0 Å². The van der Waals surface area contributed by atoms with Crippen LogP contribution in [0.1, 0.15) is 15.9 Å². The molecule has 0 radical (unpaired) electrons. The van der Waals surface area contributed by atoms with E-state index in [4.69, 9.17) is 38.2 Å². The summed E-state index contributed by atoms with van der Waals surface area (Å²) in [6.07, 6.45) is 2.12. The van der Waals surface area contributed by atoms with E-state index in [1.165, 1.54) is 12.1 Å². The molecule has 3 rings (SSSR count). The Bertz CT molecular complexity index is 791. The fraction of sp³-hybridized carbons (Fsp3) is 0.0588. The van der Waals surface area contributed by atoms with Crippen LogP contribution in [0.4, 0.5) is 0 Å². The van der Waals surface area contributed by atoms with Gasteiger partial charge in [-0.3, -0.25) is 4.79 Å². The van der Waals surface area contributed by atoms with Crippen molar-refractivity contribution in [2.75, 3.05) is 6.61 Å². The summed E-state index contributed by atoms with van der Waals surface area (Å²) in [4.78, 5) is 20.9. The monoisotopic (exact) mass is 366 g/mol. The molecule has 1 aliphatic rings. The van der Waals surface area contributed by atoms with E-state index in [0.29, 0.717) is 16.9 Å². The maximum atomic E-state index is 10.6. The van der Waals surface area contributed by atoms with Gasteiger partial charge in [0.1, 0.15) is 18.1 Å². The van der Waals surface area contributed by atoms with Gasteiger partial charge in [-0.25, -0.2) is 4.79 Å². The summed E-state index contributed by atoms with van der Waals surface area (Å²) in [5.41, 5.74) is 1.18. The lowest BCUT2D eigenvalue weighted by atomic mass is 10.1. The summed E-state index contributed by atoms with van der Waals surface area (Å²) in [5.74, 6) is -0.375. The zero-order valence-corrected chi connectivity index (χ0v) is 13.7. The SMILES string of the molecule is O=C(O)C1=Cc2ccccc2OC1.O=Cc1c(O)cc(Cl)cc1Cl. The van der Waals surface area contributed by atoms with Crippen LogP contribution in [0, 0.1) is 0 Å². The molecule has 1 heterocycles. The Balaban J connectivity index is 0.000000177. The van der Waals surface area contributed by atoms with Gasteiger partial charge in [-0.05, 0) is 24.3 Å². The number of hydrogen-bond acceptors (Lipinski definition) is 4. The van der Waals surface area contributed by atoms with Crippen LogP contribution in [0.5, 0.6) is 11.5 Å². The Morgan fingerprint density at radius 2 is 1.92 bits per heavy atom. The second-order valence-corrected chi connectivity index (χ2v) is 5.58. The van der Waals surface area contributed by atoms with E-state index < -0.39 is 5.97 Å². The molecule has 2 aromatic rings. The van der Waals surface area contributed by atoms with Crippen LogP contribution in [0.15, 0.2) is 42.0 Å². The molecule has 0 spiro atoms. The lowest BCUT2D eigenvalue weighted by Gasteiger charge is -2.14. The van der Waals surface area contributed by atoms with Gasteiger partial charge in [0, 0.05) is 10.6 Å². The van der Waals surface area contributed by atoms with Crippen molar-refractivity contribution in [1.29, 1.82) is 0 Å². The van der Waals surface area contributed by atoms with Crippen LogP contribution < -0.4 is 4.74 Å². The maximum Gasteiger partial charge on any atom is 0.335 e. The largest absolute Gasteiger partial charge is 0.507 e. The predicted octanol–water partition coefficient (Wildman–Crippen LogP) is 4.06. The average Bonchev–Trinajstić information content (AvgIpc) is 2.54. The number of aldehydes is 1. The number of carbonyl (C=O) groups excluding carboxylic acids is 1. The summed E-state index contributed by atoms with van der Waals surface area (Å²) >= 11 is 11.1. The number of fused-ring (bicyclic) bond motifs is 1. The van der Waals surface area contributed by atoms with Crippen LogP contribution in [0.2, 0.25) is 10.0 Å². The Hall–Kier alpha value is -2.50. The summed E-state index contributed by atoms with van der Waals surface area (Å²) in [6.45, 7) is 0.145. The van der Waals surface area contributed by atoms with Gasteiger partial charge in [0.15, 0.2) is 6.29 Å². The van der Waals surface area contributed by atoms with E-state index in [-0.39, 0.29) is 22.9 Å².